The molecule has 1 atom stereocenters. The summed E-state index contributed by atoms with van der Waals surface area (Å²) in [5.41, 5.74) is 7.48. The highest BCUT2D eigenvalue weighted by atomic mass is 15.1. The van der Waals surface area contributed by atoms with Crippen molar-refractivity contribution >= 4 is 5.69 Å². The smallest absolute Gasteiger partial charge is 0.0366 e. The topological polar surface area (TPSA) is 3.24 Å². The lowest BCUT2D eigenvalue weighted by atomic mass is 9.82. The molecular formula is C25H35N. The van der Waals surface area contributed by atoms with E-state index in [-0.39, 0.29) is 0 Å². The minimum absolute atomic E-state index is 0.666. The Morgan fingerprint density at radius 2 is 1.69 bits per heavy atom. The van der Waals surface area contributed by atoms with E-state index in [1.54, 1.807) is 11.1 Å². The van der Waals surface area contributed by atoms with Crippen molar-refractivity contribution in [1.29, 1.82) is 0 Å². The summed E-state index contributed by atoms with van der Waals surface area (Å²) >= 11 is 0. The summed E-state index contributed by atoms with van der Waals surface area (Å²) < 4.78 is 0. The van der Waals surface area contributed by atoms with Crippen LogP contribution < -0.4 is 4.90 Å². The molecule has 1 aliphatic heterocycles. The summed E-state index contributed by atoms with van der Waals surface area (Å²) in [5, 5.41) is 0. The zero-order valence-electron chi connectivity index (χ0n) is 17.1. The summed E-state index contributed by atoms with van der Waals surface area (Å²) in [5.74, 6) is 1.53. The van der Waals surface area contributed by atoms with Gasteiger partial charge in [0.25, 0.3) is 0 Å². The largest absolute Gasteiger partial charge is 0.372 e. The summed E-state index contributed by atoms with van der Waals surface area (Å²) in [6.45, 7) is 11.7. The van der Waals surface area contributed by atoms with Crippen LogP contribution in [0.25, 0.3) is 0 Å². The van der Waals surface area contributed by atoms with E-state index in [1.807, 2.05) is 0 Å². The van der Waals surface area contributed by atoms with Crippen molar-refractivity contribution in [3.05, 3.63) is 64.7 Å². The maximum absolute atomic E-state index is 2.55. The minimum atomic E-state index is 0.666. The first-order valence-corrected chi connectivity index (χ1v) is 10.5. The monoisotopic (exact) mass is 349 g/mol. The third kappa shape index (κ3) is 4.50. The molecule has 0 saturated carbocycles. The predicted molar refractivity (Wildman–Crippen MR) is 114 cm³/mol. The molecule has 0 N–H and O–H groups in total. The standard InChI is InChI=1S/C25H35N/c1-5-9-23-18-25(20(3)16-19(23)2)21(4)17-22-12-14-26(15-13-22)24-10-7-6-8-11-24/h6-8,10-11,16,18,21-22H,5,9,12-15,17H2,1-4H3/t21-/m1/s1. The fourth-order valence-corrected chi connectivity index (χ4v) is 4.68. The first-order chi connectivity index (χ1) is 12.6. The Balaban J connectivity index is 1.61. The molecule has 2 aromatic carbocycles. The van der Waals surface area contributed by atoms with Crippen LogP contribution in [0.3, 0.4) is 0 Å². The molecule has 1 fully saturated rings. The molecular weight excluding hydrogens is 314 g/mol. The quantitative estimate of drug-likeness (QED) is 0.563. The van der Waals surface area contributed by atoms with E-state index in [0.717, 1.165) is 5.92 Å². The lowest BCUT2D eigenvalue weighted by Gasteiger charge is -2.35. The fourth-order valence-electron chi connectivity index (χ4n) is 4.68. The zero-order chi connectivity index (χ0) is 18.5. The van der Waals surface area contributed by atoms with Crippen LogP contribution in [0, 0.1) is 19.8 Å². The van der Waals surface area contributed by atoms with Crippen molar-refractivity contribution in [2.45, 2.75) is 65.7 Å². The van der Waals surface area contributed by atoms with Gasteiger partial charge in [-0.25, -0.2) is 0 Å². The van der Waals surface area contributed by atoms with Crippen LogP contribution in [0.4, 0.5) is 5.69 Å². The number of hydrogen-bond acceptors (Lipinski definition) is 1. The number of piperidine rings is 1. The maximum Gasteiger partial charge on any atom is 0.0366 e. The highest BCUT2D eigenvalue weighted by Crippen LogP contribution is 2.33. The number of aryl methyl sites for hydroxylation is 3. The second kappa shape index (κ2) is 8.75. The Bertz CT molecular complexity index is 696. The van der Waals surface area contributed by atoms with Gasteiger partial charge in [0, 0.05) is 18.8 Å². The van der Waals surface area contributed by atoms with Gasteiger partial charge in [-0.15, -0.1) is 0 Å². The van der Waals surface area contributed by atoms with Gasteiger partial charge in [-0.2, -0.15) is 0 Å². The van der Waals surface area contributed by atoms with Crippen LogP contribution in [0.2, 0.25) is 0 Å². The lowest BCUT2D eigenvalue weighted by Crippen LogP contribution is -2.34. The van der Waals surface area contributed by atoms with Crippen LogP contribution in [0.1, 0.15) is 67.7 Å². The second-order valence-corrected chi connectivity index (χ2v) is 8.29. The van der Waals surface area contributed by atoms with Gasteiger partial charge in [0.2, 0.25) is 0 Å². The van der Waals surface area contributed by atoms with E-state index in [2.05, 4.69) is 75.1 Å². The number of anilines is 1. The number of benzene rings is 2. The molecule has 1 heterocycles. The number of rotatable bonds is 6. The molecule has 0 aliphatic carbocycles. The molecule has 0 aromatic heterocycles. The average molecular weight is 350 g/mol. The van der Waals surface area contributed by atoms with Crippen molar-refractivity contribution in [3.63, 3.8) is 0 Å². The average Bonchev–Trinajstić information content (AvgIpc) is 2.65. The third-order valence-corrected chi connectivity index (χ3v) is 6.20. The first kappa shape index (κ1) is 19.0. The Labute approximate surface area is 160 Å². The molecule has 3 rings (SSSR count). The summed E-state index contributed by atoms with van der Waals surface area (Å²) in [6.07, 6.45) is 6.42. The van der Waals surface area contributed by atoms with Crippen molar-refractivity contribution < 1.29 is 0 Å². The maximum atomic E-state index is 2.55. The molecule has 0 spiro atoms. The summed E-state index contributed by atoms with van der Waals surface area (Å²) in [6, 6.07) is 15.8. The highest BCUT2D eigenvalue weighted by Gasteiger charge is 2.22. The van der Waals surface area contributed by atoms with Crippen LogP contribution in [-0.4, -0.2) is 13.1 Å². The van der Waals surface area contributed by atoms with E-state index >= 15 is 0 Å². The van der Waals surface area contributed by atoms with E-state index in [1.165, 1.54) is 62.0 Å². The van der Waals surface area contributed by atoms with Gasteiger partial charge in [0.05, 0.1) is 0 Å². The van der Waals surface area contributed by atoms with E-state index in [0.29, 0.717) is 5.92 Å². The normalized spacial score (nSPS) is 16.7. The van der Waals surface area contributed by atoms with Gasteiger partial charge >= 0.3 is 0 Å². The van der Waals surface area contributed by atoms with Crippen LogP contribution in [-0.2, 0) is 6.42 Å². The van der Waals surface area contributed by atoms with Crippen molar-refractivity contribution in [3.8, 4) is 0 Å². The Morgan fingerprint density at radius 3 is 2.35 bits per heavy atom. The molecule has 1 aliphatic rings. The SMILES string of the molecule is CCCc1cc([C@H](C)CC2CCN(c3ccccc3)CC2)c(C)cc1C. The van der Waals surface area contributed by atoms with E-state index in [4.69, 9.17) is 0 Å². The van der Waals surface area contributed by atoms with E-state index < -0.39 is 0 Å². The second-order valence-electron chi connectivity index (χ2n) is 8.29. The van der Waals surface area contributed by atoms with Crippen LogP contribution in [0.15, 0.2) is 42.5 Å². The molecule has 26 heavy (non-hydrogen) atoms. The molecule has 1 saturated heterocycles. The molecule has 1 heteroatoms. The molecule has 0 amide bonds. The fraction of sp³-hybridized carbons (Fsp3) is 0.520. The van der Waals surface area contributed by atoms with Crippen molar-refractivity contribution in [2.24, 2.45) is 5.92 Å². The van der Waals surface area contributed by atoms with Crippen molar-refractivity contribution in [1.82, 2.24) is 0 Å². The lowest BCUT2D eigenvalue weighted by molar-refractivity contribution is 0.360. The Hall–Kier alpha value is -1.76. The molecule has 0 radical (unpaired) electrons. The number of nitrogens with zero attached hydrogens (tertiary/aromatic N) is 1. The van der Waals surface area contributed by atoms with Gasteiger partial charge in [-0.05, 0) is 85.8 Å². The minimum Gasteiger partial charge on any atom is -0.372 e. The molecule has 140 valence electrons. The number of hydrogen-bond donors (Lipinski definition) is 0. The Kier molecular flexibility index (Phi) is 6.40. The van der Waals surface area contributed by atoms with Crippen LogP contribution in [0.5, 0.6) is 0 Å². The third-order valence-electron chi connectivity index (χ3n) is 6.20. The molecule has 1 nitrogen and oxygen atoms in total. The van der Waals surface area contributed by atoms with Gasteiger partial charge in [-0.1, -0.05) is 50.6 Å². The summed E-state index contributed by atoms with van der Waals surface area (Å²) in [7, 11) is 0. The highest BCUT2D eigenvalue weighted by molar-refractivity contribution is 5.46. The summed E-state index contributed by atoms with van der Waals surface area (Å²) in [4.78, 5) is 2.55. The Morgan fingerprint density at radius 1 is 1.00 bits per heavy atom. The van der Waals surface area contributed by atoms with Crippen molar-refractivity contribution in [2.75, 3.05) is 18.0 Å². The number of para-hydroxylation sites is 1. The van der Waals surface area contributed by atoms with E-state index in [9.17, 15) is 0 Å². The molecule has 2 aromatic rings. The van der Waals surface area contributed by atoms with Gasteiger partial charge in [-0.3, -0.25) is 0 Å². The van der Waals surface area contributed by atoms with Gasteiger partial charge < -0.3 is 4.90 Å². The molecule has 0 bridgehead atoms. The zero-order valence-corrected chi connectivity index (χ0v) is 17.1. The molecule has 0 unspecified atom stereocenters. The van der Waals surface area contributed by atoms with Gasteiger partial charge in [0.1, 0.15) is 0 Å². The predicted octanol–water partition coefficient (Wildman–Crippen LogP) is 6.67. The first-order valence-electron chi connectivity index (χ1n) is 10.5. The van der Waals surface area contributed by atoms with Crippen LogP contribution >= 0.6 is 0 Å². The van der Waals surface area contributed by atoms with Gasteiger partial charge in [0.15, 0.2) is 0 Å².